The molecule has 104 valence electrons. The number of likely N-dealkylation sites (N-methyl/N-ethyl adjacent to an activating group) is 1. The van der Waals surface area contributed by atoms with Crippen LogP contribution in [0.15, 0.2) is 18.2 Å². The zero-order valence-corrected chi connectivity index (χ0v) is 11.4. The normalized spacial score (nSPS) is 17.5. The van der Waals surface area contributed by atoms with Crippen molar-refractivity contribution >= 4 is 11.6 Å². The Morgan fingerprint density at radius 1 is 1.21 bits per heavy atom. The Morgan fingerprint density at radius 3 is 2.37 bits per heavy atom. The highest BCUT2D eigenvalue weighted by molar-refractivity contribution is 5.93. The average molecular weight is 262 g/mol. The zero-order valence-electron chi connectivity index (χ0n) is 11.4. The van der Waals surface area contributed by atoms with Gasteiger partial charge >= 0.3 is 0 Å². The van der Waals surface area contributed by atoms with E-state index in [9.17, 15) is 4.79 Å². The van der Waals surface area contributed by atoms with Gasteiger partial charge in [-0.15, -0.1) is 0 Å². The van der Waals surface area contributed by atoms with Gasteiger partial charge in [0.2, 0.25) is 5.91 Å². The molecule has 19 heavy (non-hydrogen) atoms. The largest absolute Gasteiger partial charge is 0.398 e. The molecule has 1 fully saturated rings. The van der Waals surface area contributed by atoms with Crippen LogP contribution in [0.2, 0.25) is 0 Å². The Bertz CT molecular complexity index is 453. The maximum absolute atomic E-state index is 11.1. The van der Waals surface area contributed by atoms with Crippen LogP contribution in [0.5, 0.6) is 0 Å². The number of nitrogens with zero attached hydrogens (tertiary/aromatic N) is 2. The van der Waals surface area contributed by atoms with Crippen molar-refractivity contribution in [3.63, 3.8) is 0 Å². The molecular weight excluding hydrogens is 240 g/mol. The van der Waals surface area contributed by atoms with E-state index in [0.29, 0.717) is 11.3 Å². The molecule has 0 bridgehead atoms. The number of benzene rings is 1. The van der Waals surface area contributed by atoms with E-state index in [1.807, 2.05) is 6.07 Å². The Labute approximate surface area is 114 Å². The zero-order chi connectivity index (χ0) is 13.8. The molecule has 1 aliphatic heterocycles. The third-order valence-electron chi connectivity index (χ3n) is 3.74. The lowest BCUT2D eigenvalue weighted by molar-refractivity contribution is 0.100. The minimum absolute atomic E-state index is 0.435. The third kappa shape index (κ3) is 3.45. The average Bonchev–Trinajstić information content (AvgIpc) is 2.41. The highest BCUT2D eigenvalue weighted by Gasteiger charge is 2.16. The van der Waals surface area contributed by atoms with Crippen LogP contribution in [-0.4, -0.2) is 48.4 Å². The SMILES string of the molecule is CCN1CCN(Cc2ccc(C(N)=O)cc2N)CC1. The van der Waals surface area contributed by atoms with E-state index < -0.39 is 5.91 Å². The number of nitrogen functional groups attached to an aromatic ring is 1. The van der Waals surface area contributed by atoms with Gasteiger partial charge in [0.1, 0.15) is 0 Å². The number of primary amides is 1. The summed E-state index contributed by atoms with van der Waals surface area (Å²) in [6.45, 7) is 8.48. The summed E-state index contributed by atoms with van der Waals surface area (Å²) in [6, 6.07) is 5.32. The van der Waals surface area contributed by atoms with Crippen molar-refractivity contribution in [2.24, 2.45) is 5.73 Å². The van der Waals surface area contributed by atoms with Gasteiger partial charge in [0.25, 0.3) is 0 Å². The van der Waals surface area contributed by atoms with Gasteiger partial charge in [0.15, 0.2) is 0 Å². The summed E-state index contributed by atoms with van der Waals surface area (Å²) in [5, 5.41) is 0. The van der Waals surface area contributed by atoms with Gasteiger partial charge in [-0.2, -0.15) is 0 Å². The van der Waals surface area contributed by atoms with Crippen molar-refractivity contribution in [3.05, 3.63) is 29.3 Å². The minimum atomic E-state index is -0.435. The van der Waals surface area contributed by atoms with Gasteiger partial charge in [-0.3, -0.25) is 9.69 Å². The fourth-order valence-electron chi connectivity index (χ4n) is 2.40. The number of rotatable bonds is 4. The molecule has 1 amide bonds. The van der Waals surface area contributed by atoms with Crippen LogP contribution < -0.4 is 11.5 Å². The van der Waals surface area contributed by atoms with Crippen LogP contribution in [0.3, 0.4) is 0 Å². The van der Waals surface area contributed by atoms with E-state index in [1.54, 1.807) is 12.1 Å². The quantitative estimate of drug-likeness (QED) is 0.775. The predicted molar refractivity (Wildman–Crippen MR) is 76.8 cm³/mol. The number of hydrogen-bond acceptors (Lipinski definition) is 4. The summed E-state index contributed by atoms with van der Waals surface area (Å²) in [4.78, 5) is 15.9. The molecule has 4 N–H and O–H groups in total. The number of hydrogen-bond donors (Lipinski definition) is 2. The van der Waals surface area contributed by atoms with Crippen LogP contribution >= 0.6 is 0 Å². The first kappa shape index (κ1) is 13.8. The van der Waals surface area contributed by atoms with Gasteiger partial charge in [-0.1, -0.05) is 13.0 Å². The Balaban J connectivity index is 1.98. The van der Waals surface area contributed by atoms with Crippen LogP contribution in [0.25, 0.3) is 0 Å². The van der Waals surface area contributed by atoms with Gasteiger partial charge in [0, 0.05) is 44.0 Å². The monoisotopic (exact) mass is 262 g/mol. The molecule has 1 aromatic carbocycles. The molecule has 1 aliphatic rings. The molecule has 0 atom stereocenters. The van der Waals surface area contributed by atoms with E-state index in [0.717, 1.165) is 44.8 Å². The van der Waals surface area contributed by atoms with Crippen molar-refractivity contribution in [2.75, 3.05) is 38.5 Å². The van der Waals surface area contributed by atoms with E-state index in [2.05, 4.69) is 16.7 Å². The third-order valence-corrected chi connectivity index (χ3v) is 3.74. The molecule has 0 spiro atoms. The van der Waals surface area contributed by atoms with Crippen molar-refractivity contribution in [1.29, 1.82) is 0 Å². The molecule has 0 radical (unpaired) electrons. The molecule has 2 rings (SSSR count). The maximum atomic E-state index is 11.1. The summed E-state index contributed by atoms with van der Waals surface area (Å²) in [5.41, 5.74) is 13.4. The molecule has 0 aromatic heterocycles. The molecule has 0 unspecified atom stereocenters. The minimum Gasteiger partial charge on any atom is -0.398 e. The fraction of sp³-hybridized carbons (Fsp3) is 0.500. The van der Waals surface area contributed by atoms with Gasteiger partial charge < -0.3 is 16.4 Å². The Kier molecular flexibility index (Phi) is 4.39. The summed E-state index contributed by atoms with van der Waals surface area (Å²) in [7, 11) is 0. The summed E-state index contributed by atoms with van der Waals surface area (Å²) in [6.07, 6.45) is 0. The first-order valence-electron chi connectivity index (χ1n) is 6.73. The number of carbonyl (C=O) groups is 1. The van der Waals surface area contributed by atoms with Crippen molar-refractivity contribution in [1.82, 2.24) is 9.80 Å². The lowest BCUT2D eigenvalue weighted by Gasteiger charge is -2.34. The fourth-order valence-corrected chi connectivity index (χ4v) is 2.40. The number of amides is 1. The first-order valence-corrected chi connectivity index (χ1v) is 6.73. The van der Waals surface area contributed by atoms with Gasteiger partial charge in [-0.25, -0.2) is 0 Å². The molecule has 0 aliphatic carbocycles. The standard InChI is InChI=1S/C14H22N4O/c1-2-17-5-7-18(8-6-17)10-12-4-3-11(14(16)19)9-13(12)15/h3-4,9H,2,5-8,10,15H2,1H3,(H2,16,19). The second kappa shape index (κ2) is 6.04. The lowest BCUT2D eigenvalue weighted by Crippen LogP contribution is -2.45. The van der Waals surface area contributed by atoms with Crippen LogP contribution in [-0.2, 0) is 6.54 Å². The van der Waals surface area contributed by atoms with E-state index in [1.165, 1.54) is 0 Å². The number of carbonyl (C=O) groups excluding carboxylic acids is 1. The second-order valence-electron chi connectivity index (χ2n) is 4.99. The highest BCUT2D eigenvalue weighted by atomic mass is 16.1. The Morgan fingerprint density at radius 2 is 1.84 bits per heavy atom. The van der Waals surface area contributed by atoms with Crippen molar-refractivity contribution in [2.45, 2.75) is 13.5 Å². The van der Waals surface area contributed by atoms with Crippen LogP contribution in [0.4, 0.5) is 5.69 Å². The summed E-state index contributed by atoms with van der Waals surface area (Å²) >= 11 is 0. The molecule has 1 saturated heterocycles. The first-order chi connectivity index (χ1) is 9.10. The van der Waals surface area contributed by atoms with E-state index in [-0.39, 0.29) is 0 Å². The molecule has 0 saturated carbocycles. The molecule has 5 heteroatoms. The maximum Gasteiger partial charge on any atom is 0.248 e. The number of nitrogens with two attached hydrogens (primary N) is 2. The summed E-state index contributed by atoms with van der Waals surface area (Å²) < 4.78 is 0. The van der Waals surface area contributed by atoms with Gasteiger partial charge in [-0.05, 0) is 24.2 Å². The Hall–Kier alpha value is -1.59. The smallest absolute Gasteiger partial charge is 0.248 e. The van der Waals surface area contributed by atoms with E-state index in [4.69, 9.17) is 11.5 Å². The highest BCUT2D eigenvalue weighted by Crippen LogP contribution is 2.17. The molecule has 1 heterocycles. The van der Waals surface area contributed by atoms with E-state index >= 15 is 0 Å². The second-order valence-corrected chi connectivity index (χ2v) is 4.99. The van der Waals surface area contributed by atoms with Crippen molar-refractivity contribution < 1.29 is 4.79 Å². The molecule has 5 nitrogen and oxygen atoms in total. The van der Waals surface area contributed by atoms with Gasteiger partial charge in [0.05, 0.1) is 0 Å². The predicted octanol–water partition coefficient (Wildman–Crippen LogP) is 0.505. The lowest BCUT2D eigenvalue weighted by atomic mass is 10.1. The number of piperazine rings is 1. The van der Waals surface area contributed by atoms with Crippen LogP contribution in [0, 0.1) is 0 Å². The molecule has 1 aromatic rings. The van der Waals surface area contributed by atoms with Crippen molar-refractivity contribution in [3.8, 4) is 0 Å². The number of anilines is 1. The summed E-state index contributed by atoms with van der Waals surface area (Å²) in [5.74, 6) is -0.435. The van der Waals surface area contributed by atoms with Crippen LogP contribution in [0.1, 0.15) is 22.8 Å². The molecular formula is C14H22N4O. The topological polar surface area (TPSA) is 75.6 Å².